The molecule has 0 N–H and O–H groups in total. The zero-order valence-corrected chi connectivity index (χ0v) is 19.5. The van der Waals surface area contributed by atoms with Crippen LogP contribution in [0.3, 0.4) is 0 Å². The van der Waals surface area contributed by atoms with Crippen molar-refractivity contribution in [1.82, 2.24) is 18.8 Å². The number of aryl methyl sites for hydroxylation is 1. The average Bonchev–Trinajstić information content (AvgIpc) is 3.34. The molecule has 0 saturated carbocycles. The topological polar surface area (TPSA) is 119 Å². The van der Waals surface area contributed by atoms with Crippen molar-refractivity contribution in [2.75, 3.05) is 19.6 Å². The average molecular weight is 477 g/mol. The lowest BCUT2D eigenvalue weighted by molar-refractivity contribution is -0.146. The number of benzene rings is 1. The van der Waals surface area contributed by atoms with Crippen LogP contribution < -0.4 is 0 Å². The number of esters is 1. The summed E-state index contributed by atoms with van der Waals surface area (Å²) in [6.45, 7) is 3.48. The molecule has 11 heteroatoms. The zero-order chi connectivity index (χ0) is 23.6. The number of hydrogen-bond acceptors (Lipinski definition) is 7. The number of carbonyl (C=O) groups excluding carboxylic acids is 3. The minimum absolute atomic E-state index is 0.0123. The molecule has 10 nitrogen and oxygen atoms in total. The molecule has 2 aliphatic heterocycles. The molecule has 2 aromatic rings. The molecule has 4 rings (SSSR count). The quantitative estimate of drug-likeness (QED) is 0.421. The summed E-state index contributed by atoms with van der Waals surface area (Å²) >= 11 is 0. The molecule has 33 heavy (non-hydrogen) atoms. The van der Waals surface area contributed by atoms with Crippen molar-refractivity contribution in [3.63, 3.8) is 0 Å². The van der Waals surface area contributed by atoms with Gasteiger partial charge in [0.15, 0.2) is 0 Å². The third-order valence-corrected chi connectivity index (χ3v) is 8.02. The summed E-state index contributed by atoms with van der Waals surface area (Å²) in [6.07, 6.45) is 3.05. The summed E-state index contributed by atoms with van der Waals surface area (Å²) in [7, 11) is -3.58. The van der Waals surface area contributed by atoms with Gasteiger partial charge in [-0.1, -0.05) is 6.42 Å². The van der Waals surface area contributed by atoms with E-state index in [4.69, 9.17) is 4.74 Å². The van der Waals surface area contributed by atoms with Gasteiger partial charge < -0.3 is 9.30 Å². The standard InChI is InChI=1S/C22H28N4O6S/c1-2-25-18-7-6-16(33(30,31)24-11-4-3-5-12-24)14-17(18)23-19(25)15-32-22(29)10-13-26-20(27)8-9-21(26)28/h6-7,14H,2-5,8-13,15H2,1H3. The molecular formula is C22H28N4O6S. The van der Waals surface area contributed by atoms with Gasteiger partial charge >= 0.3 is 5.97 Å². The molecule has 1 aromatic heterocycles. The molecule has 0 unspecified atom stereocenters. The molecule has 2 aliphatic rings. The molecule has 2 saturated heterocycles. The maximum absolute atomic E-state index is 13.0. The second-order valence-electron chi connectivity index (χ2n) is 8.24. The molecule has 3 heterocycles. The highest BCUT2D eigenvalue weighted by molar-refractivity contribution is 7.89. The van der Waals surface area contributed by atoms with Crippen molar-refractivity contribution in [3.05, 3.63) is 24.0 Å². The zero-order valence-electron chi connectivity index (χ0n) is 18.7. The van der Waals surface area contributed by atoms with Crippen LogP contribution in [0.15, 0.2) is 23.1 Å². The monoisotopic (exact) mass is 476 g/mol. The van der Waals surface area contributed by atoms with Gasteiger partial charge in [-0.3, -0.25) is 19.3 Å². The Hall–Kier alpha value is -2.79. The second kappa shape index (κ2) is 9.60. The normalized spacial score (nSPS) is 17.8. The van der Waals surface area contributed by atoms with E-state index in [1.54, 1.807) is 18.2 Å². The van der Waals surface area contributed by atoms with Gasteiger partial charge in [0.05, 0.1) is 22.3 Å². The van der Waals surface area contributed by atoms with Gasteiger partial charge in [0.25, 0.3) is 0 Å². The van der Waals surface area contributed by atoms with Crippen LogP contribution in [0.4, 0.5) is 0 Å². The second-order valence-corrected chi connectivity index (χ2v) is 10.2. The first kappa shape index (κ1) is 23.4. The first-order chi connectivity index (χ1) is 15.8. The van der Waals surface area contributed by atoms with Crippen molar-refractivity contribution in [1.29, 1.82) is 0 Å². The lowest BCUT2D eigenvalue weighted by Gasteiger charge is -2.25. The Labute approximate surface area is 192 Å². The molecular weight excluding hydrogens is 448 g/mol. The Bertz CT molecular complexity index is 1170. The van der Waals surface area contributed by atoms with Gasteiger partial charge in [-0.2, -0.15) is 4.31 Å². The number of nitrogens with zero attached hydrogens (tertiary/aromatic N) is 4. The summed E-state index contributed by atoms with van der Waals surface area (Å²) in [5.74, 6) is -0.570. The van der Waals surface area contributed by atoms with Crippen LogP contribution in [0.1, 0.15) is 51.3 Å². The fourth-order valence-electron chi connectivity index (χ4n) is 4.33. The Morgan fingerprint density at radius 2 is 1.79 bits per heavy atom. The van der Waals surface area contributed by atoms with Gasteiger partial charge in [0.1, 0.15) is 12.4 Å². The minimum atomic E-state index is -3.58. The number of likely N-dealkylation sites (tertiary alicyclic amines) is 1. The van der Waals surface area contributed by atoms with E-state index in [0.717, 1.165) is 29.7 Å². The van der Waals surface area contributed by atoms with Crippen molar-refractivity contribution >= 4 is 38.8 Å². The molecule has 0 radical (unpaired) electrons. The SMILES string of the molecule is CCn1c(COC(=O)CCN2C(=O)CCC2=O)nc2cc(S(=O)(=O)N3CCCCC3)ccc21. The third-order valence-electron chi connectivity index (χ3n) is 6.12. The summed E-state index contributed by atoms with van der Waals surface area (Å²) in [6, 6.07) is 4.90. The summed E-state index contributed by atoms with van der Waals surface area (Å²) in [5, 5.41) is 0. The number of aromatic nitrogens is 2. The Kier molecular flexibility index (Phi) is 6.80. The van der Waals surface area contributed by atoms with Crippen molar-refractivity contribution in [2.24, 2.45) is 0 Å². The van der Waals surface area contributed by atoms with Gasteiger partial charge in [0.2, 0.25) is 21.8 Å². The fourth-order valence-corrected chi connectivity index (χ4v) is 5.87. The number of fused-ring (bicyclic) bond motifs is 1. The number of imidazole rings is 1. The number of amides is 2. The molecule has 0 spiro atoms. The van der Waals surface area contributed by atoms with Gasteiger partial charge in [-0.05, 0) is 38.0 Å². The molecule has 0 bridgehead atoms. The third kappa shape index (κ3) is 4.79. The predicted molar refractivity (Wildman–Crippen MR) is 118 cm³/mol. The molecule has 2 fully saturated rings. The van der Waals surface area contributed by atoms with E-state index in [1.165, 1.54) is 4.31 Å². The van der Waals surface area contributed by atoms with Gasteiger partial charge in [-0.15, -0.1) is 0 Å². The Morgan fingerprint density at radius 1 is 1.09 bits per heavy atom. The molecule has 0 aliphatic carbocycles. The lowest BCUT2D eigenvalue weighted by atomic mass is 10.2. The lowest BCUT2D eigenvalue weighted by Crippen LogP contribution is -2.35. The fraction of sp³-hybridized carbons (Fsp3) is 0.545. The van der Waals surface area contributed by atoms with Crippen LogP contribution in [0.5, 0.6) is 0 Å². The van der Waals surface area contributed by atoms with Crippen LogP contribution in [-0.2, 0) is 42.3 Å². The van der Waals surface area contributed by atoms with Crippen molar-refractivity contribution < 1.29 is 27.5 Å². The number of sulfonamides is 1. The number of imide groups is 1. The van der Waals surface area contributed by atoms with E-state index >= 15 is 0 Å². The van der Waals surface area contributed by atoms with Crippen LogP contribution in [0.25, 0.3) is 11.0 Å². The van der Waals surface area contributed by atoms with Crippen molar-refractivity contribution in [2.45, 2.75) is 63.5 Å². The molecule has 1 aromatic carbocycles. The highest BCUT2D eigenvalue weighted by Gasteiger charge is 2.29. The number of carbonyl (C=O) groups is 3. The summed E-state index contributed by atoms with van der Waals surface area (Å²) in [5.41, 5.74) is 1.28. The van der Waals surface area contributed by atoms with Crippen LogP contribution in [0, 0.1) is 0 Å². The van der Waals surface area contributed by atoms with Gasteiger partial charge in [-0.25, -0.2) is 13.4 Å². The number of rotatable bonds is 8. The van der Waals surface area contributed by atoms with E-state index in [0.29, 0.717) is 31.0 Å². The highest BCUT2D eigenvalue weighted by atomic mass is 32.2. The first-order valence-corrected chi connectivity index (χ1v) is 12.7. The summed E-state index contributed by atoms with van der Waals surface area (Å²) in [4.78, 5) is 41.3. The van der Waals surface area contributed by atoms with E-state index in [9.17, 15) is 22.8 Å². The summed E-state index contributed by atoms with van der Waals surface area (Å²) < 4.78 is 34.7. The Morgan fingerprint density at radius 3 is 2.45 bits per heavy atom. The molecule has 178 valence electrons. The number of ether oxygens (including phenoxy) is 1. The first-order valence-electron chi connectivity index (χ1n) is 11.3. The van der Waals surface area contributed by atoms with Crippen LogP contribution in [0.2, 0.25) is 0 Å². The molecule has 0 atom stereocenters. The molecule has 2 amide bonds. The highest BCUT2D eigenvalue weighted by Crippen LogP contribution is 2.25. The van der Waals surface area contributed by atoms with E-state index in [-0.39, 0.29) is 49.1 Å². The van der Waals surface area contributed by atoms with Gasteiger partial charge in [0, 0.05) is 39.0 Å². The predicted octanol–water partition coefficient (Wildman–Crippen LogP) is 1.81. The van der Waals surface area contributed by atoms with Crippen molar-refractivity contribution in [3.8, 4) is 0 Å². The smallest absolute Gasteiger partial charge is 0.308 e. The number of piperidine rings is 1. The Balaban J connectivity index is 1.46. The van der Waals surface area contributed by atoms with E-state index < -0.39 is 16.0 Å². The number of hydrogen-bond donors (Lipinski definition) is 0. The van der Waals surface area contributed by atoms with Crippen LogP contribution >= 0.6 is 0 Å². The minimum Gasteiger partial charge on any atom is -0.457 e. The largest absolute Gasteiger partial charge is 0.457 e. The maximum Gasteiger partial charge on any atom is 0.308 e. The maximum atomic E-state index is 13.0. The van der Waals surface area contributed by atoms with E-state index in [2.05, 4.69) is 4.98 Å². The van der Waals surface area contributed by atoms with Crippen LogP contribution in [-0.4, -0.2) is 64.6 Å². The van der Waals surface area contributed by atoms with E-state index in [1.807, 2.05) is 11.5 Å².